The smallest absolute Gasteiger partial charge is 0.230 e. The van der Waals surface area contributed by atoms with Gasteiger partial charge in [0.15, 0.2) is 0 Å². The van der Waals surface area contributed by atoms with Crippen molar-refractivity contribution in [2.45, 2.75) is 51.0 Å². The number of fused-ring (bicyclic) bond motifs is 1. The highest BCUT2D eigenvalue weighted by atomic mass is 16.5. The van der Waals surface area contributed by atoms with E-state index in [1.54, 1.807) is 22.8 Å². The lowest BCUT2D eigenvalue weighted by molar-refractivity contribution is -0.143. The fourth-order valence-corrected chi connectivity index (χ4v) is 5.01. The van der Waals surface area contributed by atoms with Crippen molar-refractivity contribution in [2.75, 3.05) is 13.6 Å². The lowest BCUT2D eigenvalue weighted by atomic mass is 9.76. The molecule has 2 unspecified atom stereocenters. The van der Waals surface area contributed by atoms with E-state index in [4.69, 9.17) is 4.74 Å². The topological polar surface area (TPSA) is 67.7 Å². The van der Waals surface area contributed by atoms with Crippen LogP contribution in [-0.2, 0) is 27.9 Å². The van der Waals surface area contributed by atoms with E-state index in [2.05, 4.69) is 18.9 Å². The van der Waals surface area contributed by atoms with Gasteiger partial charge in [-0.15, -0.1) is 0 Å². The Labute approximate surface area is 159 Å². The molecule has 4 rings (SSSR count). The maximum Gasteiger partial charge on any atom is 0.230 e. The van der Waals surface area contributed by atoms with Crippen molar-refractivity contribution in [1.29, 1.82) is 0 Å². The number of likely N-dealkylation sites (tertiary alicyclic amines) is 1. The largest absolute Gasteiger partial charge is 0.360 e. The molecule has 7 nitrogen and oxygen atoms in total. The van der Waals surface area contributed by atoms with Gasteiger partial charge in [-0.25, -0.2) is 0 Å². The molecule has 0 aliphatic carbocycles. The van der Waals surface area contributed by atoms with Gasteiger partial charge in [0.25, 0.3) is 0 Å². The normalized spacial score (nSPS) is 31.2. The summed E-state index contributed by atoms with van der Waals surface area (Å²) in [6, 6.07) is 0.206. The molecule has 2 fully saturated rings. The minimum Gasteiger partial charge on any atom is -0.360 e. The van der Waals surface area contributed by atoms with E-state index in [-0.39, 0.29) is 24.0 Å². The summed E-state index contributed by atoms with van der Waals surface area (Å²) in [7, 11) is 3.64. The van der Waals surface area contributed by atoms with E-state index in [1.807, 2.05) is 30.3 Å². The molecular weight excluding hydrogens is 344 g/mol. The Morgan fingerprint density at radius 3 is 2.81 bits per heavy atom. The fraction of sp³-hybridized carbons (Fsp3) is 0.650. The molecule has 4 atom stereocenters. The molecule has 146 valence electrons. The van der Waals surface area contributed by atoms with Crippen LogP contribution in [0, 0.1) is 11.8 Å². The summed E-state index contributed by atoms with van der Waals surface area (Å²) in [5, 5.41) is 4.16. The van der Waals surface area contributed by atoms with Crippen molar-refractivity contribution in [3.63, 3.8) is 0 Å². The SMILES string of the molecule is CCC(CC)N1C[C@@]23C=C[C@@H](O2)C(C(=O)N(C)Cc2cnn(C)c2)C3C1=O. The van der Waals surface area contributed by atoms with Gasteiger partial charge in [-0.1, -0.05) is 26.0 Å². The second kappa shape index (κ2) is 6.48. The molecule has 2 bridgehead atoms. The molecule has 27 heavy (non-hydrogen) atoms. The highest BCUT2D eigenvalue weighted by Gasteiger charge is 2.67. The molecule has 7 heteroatoms. The van der Waals surface area contributed by atoms with Crippen LogP contribution in [-0.4, -0.2) is 62.7 Å². The van der Waals surface area contributed by atoms with Gasteiger partial charge < -0.3 is 14.5 Å². The quantitative estimate of drug-likeness (QED) is 0.707. The Morgan fingerprint density at radius 2 is 2.19 bits per heavy atom. The highest BCUT2D eigenvalue weighted by Crippen LogP contribution is 2.52. The Morgan fingerprint density at radius 1 is 1.44 bits per heavy atom. The minimum atomic E-state index is -0.625. The second-order valence-electron chi connectivity index (χ2n) is 8.05. The third kappa shape index (κ3) is 2.71. The van der Waals surface area contributed by atoms with Crippen LogP contribution in [0.2, 0.25) is 0 Å². The van der Waals surface area contributed by atoms with Gasteiger partial charge in [-0.05, 0) is 12.8 Å². The van der Waals surface area contributed by atoms with E-state index >= 15 is 0 Å². The van der Waals surface area contributed by atoms with Crippen LogP contribution in [0.4, 0.5) is 0 Å². The molecule has 0 aromatic carbocycles. The first kappa shape index (κ1) is 18.2. The molecule has 2 amide bonds. The van der Waals surface area contributed by atoms with Crippen molar-refractivity contribution in [1.82, 2.24) is 19.6 Å². The van der Waals surface area contributed by atoms with Gasteiger partial charge in [-0.2, -0.15) is 5.10 Å². The number of amides is 2. The van der Waals surface area contributed by atoms with E-state index in [1.165, 1.54) is 0 Å². The number of nitrogens with zero attached hydrogens (tertiary/aromatic N) is 4. The first-order valence-electron chi connectivity index (χ1n) is 9.80. The summed E-state index contributed by atoms with van der Waals surface area (Å²) in [5.41, 5.74) is 0.346. The van der Waals surface area contributed by atoms with Gasteiger partial charge in [0.1, 0.15) is 5.60 Å². The lowest BCUT2D eigenvalue weighted by Gasteiger charge is -2.29. The van der Waals surface area contributed by atoms with Crippen molar-refractivity contribution in [3.8, 4) is 0 Å². The van der Waals surface area contributed by atoms with Gasteiger partial charge in [0, 0.05) is 38.4 Å². The van der Waals surface area contributed by atoms with Crippen molar-refractivity contribution in [2.24, 2.45) is 18.9 Å². The molecule has 1 aromatic rings. The van der Waals surface area contributed by atoms with Gasteiger partial charge >= 0.3 is 0 Å². The molecule has 0 N–H and O–H groups in total. The fourth-order valence-electron chi connectivity index (χ4n) is 5.01. The first-order chi connectivity index (χ1) is 12.9. The number of hydrogen-bond donors (Lipinski definition) is 0. The van der Waals surface area contributed by atoms with Crippen LogP contribution in [0.5, 0.6) is 0 Å². The number of hydrogen-bond acceptors (Lipinski definition) is 4. The second-order valence-corrected chi connectivity index (χ2v) is 8.05. The third-order valence-corrected chi connectivity index (χ3v) is 6.35. The summed E-state index contributed by atoms with van der Waals surface area (Å²) in [6.07, 6.45) is 9.19. The number of aromatic nitrogens is 2. The molecule has 2 saturated heterocycles. The molecule has 0 radical (unpaired) electrons. The van der Waals surface area contributed by atoms with E-state index in [0.29, 0.717) is 13.1 Å². The predicted molar refractivity (Wildman–Crippen MR) is 99.5 cm³/mol. The average Bonchev–Trinajstić information content (AvgIpc) is 3.38. The predicted octanol–water partition coefficient (Wildman–Crippen LogP) is 1.35. The summed E-state index contributed by atoms with van der Waals surface area (Å²) < 4.78 is 7.95. The third-order valence-electron chi connectivity index (χ3n) is 6.35. The Kier molecular flexibility index (Phi) is 4.37. The van der Waals surface area contributed by atoms with Crippen molar-refractivity contribution >= 4 is 11.8 Å². The van der Waals surface area contributed by atoms with Crippen LogP contribution < -0.4 is 0 Å². The van der Waals surface area contributed by atoms with E-state index in [9.17, 15) is 9.59 Å². The number of ether oxygens (including phenoxy) is 1. The van der Waals surface area contributed by atoms with Crippen LogP contribution >= 0.6 is 0 Å². The first-order valence-corrected chi connectivity index (χ1v) is 9.80. The van der Waals surface area contributed by atoms with Gasteiger partial charge in [0.05, 0.1) is 30.7 Å². The number of carbonyl (C=O) groups excluding carboxylic acids is 2. The van der Waals surface area contributed by atoms with Crippen molar-refractivity contribution < 1.29 is 14.3 Å². The van der Waals surface area contributed by atoms with Crippen LogP contribution in [0.25, 0.3) is 0 Å². The van der Waals surface area contributed by atoms with Gasteiger partial charge in [-0.3, -0.25) is 14.3 Å². The van der Waals surface area contributed by atoms with E-state index < -0.39 is 17.4 Å². The van der Waals surface area contributed by atoms with E-state index in [0.717, 1.165) is 18.4 Å². The summed E-state index contributed by atoms with van der Waals surface area (Å²) in [6.45, 7) is 5.24. The number of carbonyl (C=O) groups is 2. The maximum absolute atomic E-state index is 13.3. The van der Waals surface area contributed by atoms with Crippen LogP contribution in [0.1, 0.15) is 32.3 Å². The van der Waals surface area contributed by atoms with Crippen LogP contribution in [0.3, 0.4) is 0 Å². The Hall–Kier alpha value is -2.15. The molecule has 1 aromatic heterocycles. The summed E-state index contributed by atoms with van der Waals surface area (Å²) in [4.78, 5) is 30.2. The molecule has 4 heterocycles. The molecular formula is C20H28N4O3. The highest BCUT2D eigenvalue weighted by molar-refractivity contribution is 5.93. The molecule has 0 saturated carbocycles. The Bertz CT molecular complexity index is 784. The van der Waals surface area contributed by atoms with Crippen LogP contribution in [0.15, 0.2) is 24.5 Å². The Balaban J connectivity index is 1.56. The molecule has 3 aliphatic rings. The zero-order valence-electron chi connectivity index (χ0n) is 16.5. The van der Waals surface area contributed by atoms with Crippen molar-refractivity contribution in [3.05, 3.63) is 30.1 Å². The lowest BCUT2D eigenvalue weighted by Crippen LogP contribution is -2.45. The number of rotatable bonds is 6. The zero-order valence-corrected chi connectivity index (χ0v) is 16.5. The minimum absolute atomic E-state index is 0.0279. The monoisotopic (exact) mass is 372 g/mol. The zero-order chi connectivity index (χ0) is 19.3. The average molecular weight is 372 g/mol. The number of aryl methyl sites for hydroxylation is 1. The summed E-state index contributed by atoms with van der Waals surface area (Å²) >= 11 is 0. The maximum atomic E-state index is 13.3. The summed E-state index contributed by atoms with van der Waals surface area (Å²) in [5.74, 6) is -0.802. The molecule has 3 aliphatic heterocycles. The molecule has 1 spiro atoms. The van der Waals surface area contributed by atoms with Gasteiger partial charge in [0.2, 0.25) is 11.8 Å². The standard InChI is InChI=1S/C20H28N4O3/c1-5-14(6-2)24-12-20-8-7-15(27-20)16(17(20)19(24)26)18(25)22(3)10-13-9-21-23(4)11-13/h7-9,11,14-17H,5-6,10,12H2,1-4H3/t15-,16?,17?,20-/m1/s1.